The highest BCUT2D eigenvalue weighted by Gasteiger charge is 2.41. The number of anilines is 3. The summed E-state index contributed by atoms with van der Waals surface area (Å²) in [5, 5.41) is 12.0. The van der Waals surface area contributed by atoms with E-state index in [1.807, 2.05) is 32.0 Å². The van der Waals surface area contributed by atoms with E-state index < -0.39 is 11.4 Å². The molecular formula is C20H20FN3O2. The Morgan fingerprint density at radius 1 is 1.23 bits per heavy atom. The third-order valence-electron chi connectivity index (χ3n) is 4.92. The number of fused-ring (bicyclic) bond motifs is 1. The quantitative estimate of drug-likeness (QED) is 0.836. The van der Waals surface area contributed by atoms with Crippen molar-refractivity contribution < 1.29 is 13.9 Å². The molecule has 1 heterocycles. The Kier molecular flexibility index (Phi) is 4.56. The van der Waals surface area contributed by atoms with E-state index >= 15 is 0 Å². The van der Waals surface area contributed by atoms with E-state index in [1.54, 1.807) is 13.1 Å². The van der Waals surface area contributed by atoms with E-state index in [2.05, 4.69) is 5.32 Å². The van der Waals surface area contributed by atoms with Gasteiger partial charge in [-0.2, -0.15) is 5.26 Å². The number of ether oxygens (including phenoxy) is 1. The summed E-state index contributed by atoms with van der Waals surface area (Å²) in [5.41, 5.74) is 2.22. The van der Waals surface area contributed by atoms with Crippen LogP contribution in [0.1, 0.15) is 37.8 Å². The molecule has 134 valence electrons. The van der Waals surface area contributed by atoms with E-state index in [1.165, 1.54) is 23.1 Å². The van der Waals surface area contributed by atoms with E-state index in [0.717, 1.165) is 11.3 Å². The summed E-state index contributed by atoms with van der Waals surface area (Å²) in [6, 6.07) is 11.6. The van der Waals surface area contributed by atoms with Gasteiger partial charge in [-0.3, -0.25) is 4.90 Å². The number of nitrogens with one attached hydrogen (secondary N) is 1. The van der Waals surface area contributed by atoms with E-state index in [9.17, 15) is 9.18 Å². The summed E-state index contributed by atoms with van der Waals surface area (Å²) in [5.74, 6) is -0.442. The minimum atomic E-state index is -0.705. The summed E-state index contributed by atoms with van der Waals surface area (Å²) in [4.78, 5) is 13.7. The summed E-state index contributed by atoms with van der Waals surface area (Å²) < 4.78 is 19.8. The molecular weight excluding hydrogens is 333 g/mol. The smallest absolute Gasteiger partial charge is 0.414 e. The number of rotatable bonds is 4. The number of carbonyl (C=O) groups is 1. The zero-order chi connectivity index (χ0) is 18.9. The number of hydrogen-bond acceptors (Lipinski definition) is 4. The maximum absolute atomic E-state index is 14.1. The van der Waals surface area contributed by atoms with Crippen LogP contribution in [-0.4, -0.2) is 13.1 Å². The molecule has 3 rings (SSSR count). The molecule has 1 aliphatic rings. The van der Waals surface area contributed by atoms with Crippen LogP contribution < -0.4 is 10.2 Å². The molecule has 1 amide bonds. The number of cyclic esters (lactones) is 1. The molecule has 0 unspecified atom stereocenters. The van der Waals surface area contributed by atoms with Gasteiger partial charge in [0.15, 0.2) is 0 Å². The van der Waals surface area contributed by atoms with Crippen molar-refractivity contribution in [3.05, 3.63) is 53.3 Å². The van der Waals surface area contributed by atoms with Crippen LogP contribution in [0, 0.1) is 17.1 Å². The Morgan fingerprint density at radius 3 is 2.62 bits per heavy atom. The first-order valence-electron chi connectivity index (χ1n) is 8.52. The van der Waals surface area contributed by atoms with Crippen LogP contribution in [0.2, 0.25) is 0 Å². The van der Waals surface area contributed by atoms with Gasteiger partial charge in [0.05, 0.1) is 23.0 Å². The standard InChI is InChI=1S/C20H20FN3O2/c1-4-20(5-2)15-11-14(7-9-18(15)24(3)19(25)26-20)23-17-10-13(12-22)6-8-16(17)21/h6-11,23H,4-5H2,1-3H3. The second kappa shape index (κ2) is 6.68. The van der Waals surface area contributed by atoms with Gasteiger partial charge in [-0.1, -0.05) is 13.8 Å². The van der Waals surface area contributed by atoms with Crippen molar-refractivity contribution in [3.63, 3.8) is 0 Å². The number of carbonyl (C=O) groups excluding carboxylic acids is 1. The zero-order valence-corrected chi connectivity index (χ0v) is 15.0. The van der Waals surface area contributed by atoms with Crippen LogP contribution in [0.25, 0.3) is 0 Å². The number of hydrogen-bond donors (Lipinski definition) is 1. The largest absolute Gasteiger partial charge is 0.438 e. The van der Waals surface area contributed by atoms with Gasteiger partial charge >= 0.3 is 6.09 Å². The highest BCUT2D eigenvalue weighted by atomic mass is 19.1. The Bertz CT molecular complexity index is 900. The molecule has 5 nitrogen and oxygen atoms in total. The summed E-state index contributed by atoms with van der Waals surface area (Å²) in [7, 11) is 1.67. The number of benzene rings is 2. The lowest BCUT2D eigenvalue weighted by atomic mass is 9.85. The summed E-state index contributed by atoms with van der Waals surface area (Å²) in [6.45, 7) is 3.95. The fourth-order valence-electron chi connectivity index (χ4n) is 3.28. The van der Waals surface area contributed by atoms with Gasteiger partial charge in [0.2, 0.25) is 0 Å². The number of nitriles is 1. The van der Waals surface area contributed by atoms with Crippen LogP contribution in [0.5, 0.6) is 0 Å². The third-order valence-corrected chi connectivity index (χ3v) is 4.92. The monoisotopic (exact) mass is 353 g/mol. The van der Waals surface area contributed by atoms with E-state index in [4.69, 9.17) is 10.00 Å². The van der Waals surface area contributed by atoms with Crippen molar-refractivity contribution in [1.82, 2.24) is 0 Å². The van der Waals surface area contributed by atoms with Gasteiger partial charge in [-0.05, 0) is 49.2 Å². The normalized spacial score (nSPS) is 15.0. The minimum Gasteiger partial charge on any atom is -0.438 e. The molecule has 0 atom stereocenters. The molecule has 26 heavy (non-hydrogen) atoms. The predicted octanol–water partition coefficient (Wildman–Crippen LogP) is 5.04. The highest BCUT2D eigenvalue weighted by molar-refractivity contribution is 5.91. The molecule has 6 heteroatoms. The minimum absolute atomic E-state index is 0.226. The molecule has 1 N–H and O–H groups in total. The molecule has 0 saturated carbocycles. The molecule has 0 spiro atoms. The Balaban J connectivity index is 2.05. The molecule has 0 bridgehead atoms. The second-order valence-electron chi connectivity index (χ2n) is 6.29. The fourth-order valence-corrected chi connectivity index (χ4v) is 3.28. The predicted molar refractivity (Wildman–Crippen MR) is 98.0 cm³/mol. The topological polar surface area (TPSA) is 65.4 Å². The maximum atomic E-state index is 14.1. The lowest BCUT2D eigenvalue weighted by molar-refractivity contribution is -0.000183. The molecule has 0 saturated heterocycles. The van der Waals surface area contributed by atoms with Gasteiger partial charge < -0.3 is 10.1 Å². The zero-order valence-electron chi connectivity index (χ0n) is 15.0. The van der Waals surface area contributed by atoms with Crippen LogP contribution in [-0.2, 0) is 10.3 Å². The van der Waals surface area contributed by atoms with Crippen molar-refractivity contribution in [2.45, 2.75) is 32.3 Å². The molecule has 2 aromatic rings. The van der Waals surface area contributed by atoms with Crippen LogP contribution in [0.4, 0.5) is 26.2 Å². The Morgan fingerprint density at radius 2 is 1.96 bits per heavy atom. The molecule has 1 aliphatic heterocycles. The van der Waals surface area contributed by atoms with Gasteiger partial charge in [0.1, 0.15) is 11.4 Å². The van der Waals surface area contributed by atoms with Gasteiger partial charge in [0, 0.05) is 18.3 Å². The lowest BCUT2D eigenvalue weighted by Crippen LogP contribution is -2.43. The first kappa shape index (κ1) is 17.7. The van der Waals surface area contributed by atoms with Crippen molar-refractivity contribution in [1.29, 1.82) is 5.26 Å². The molecule has 0 fully saturated rings. The van der Waals surface area contributed by atoms with Gasteiger partial charge in [0.25, 0.3) is 0 Å². The van der Waals surface area contributed by atoms with Crippen LogP contribution >= 0.6 is 0 Å². The molecule has 2 aromatic carbocycles. The summed E-state index contributed by atoms with van der Waals surface area (Å²) in [6.07, 6.45) is 0.894. The lowest BCUT2D eigenvalue weighted by Gasteiger charge is -2.41. The van der Waals surface area contributed by atoms with Gasteiger partial charge in [-0.15, -0.1) is 0 Å². The van der Waals surface area contributed by atoms with Crippen molar-refractivity contribution >= 4 is 23.2 Å². The third kappa shape index (κ3) is 2.86. The molecule has 0 radical (unpaired) electrons. The fraction of sp³-hybridized carbons (Fsp3) is 0.300. The van der Waals surface area contributed by atoms with E-state index in [0.29, 0.717) is 24.1 Å². The van der Waals surface area contributed by atoms with Crippen LogP contribution in [0.15, 0.2) is 36.4 Å². The Labute approximate surface area is 152 Å². The number of nitrogens with zero attached hydrogens (tertiary/aromatic N) is 2. The number of halogens is 1. The van der Waals surface area contributed by atoms with E-state index in [-0.39, 0.29) is 11.8 Å². The highest BCUT2D eigenvalue weighted by Crippen LogP contribution is 2.44. The average molecular weight is 353 g/mol. The Hall–Kier alpha value is -3.07. The van der Waals surface area contributed by atoms with Crippen molar-refractivity contribution in [3.8, 4) is 6.07 Å². The van der Waals surface area contributed by atoms with Crippen molar-refractivity contribution in [2.24, 2.45) is 0 Å². The average Bonchev–Trinajstić information content (AvgIpc) is 2.66. The summed E-state index contributed by atoms with van der Waals surface area (Å²) >= 11 is 0. The SMILES string of the molecule is CCC1(CC)OC(=O)N(C)c2ccc(Nc3cc(C#N)ccc3F)cc21. The molecule has 0 aliphatic carbocycles. The number of amides is 1. The first-order chi connectivity index (χ1) is 12.4. The first-order valence-corrected chi connectivity index (χ1v) is 8.52. The van der Waals surface area contributed by atoms with Gasteiger partial charge in [-0.25, -0.2) is 9.18 Å². The van der Waals surface area contributed by atoms with Crippen molar-refractivity contribution in [2.75, 3.05) is 17.3 Å². The maximum Gasteiger partial charge on any atom is 0.414 e. The molecule has 0 aromatic heterocycles. The second-order valence-corrected chi connectivity index (χ2v) is 6.29. The van der Waals surface area contributed by atoms with Crippen LogP contribution in [0.3, 0.4) is 0 Å².